The third kappa shape index (κ3) is 4.58. The number of benzene rings is 1. The molecule has 1 N–H and O–H groups in total. The summed E-state index contributed by atoms with van der Waals surface area (Å²) in [6, 6.07) is 8.50. The Morgan fingerprint density at radius 3 is 2.40 bits per heavy atom. The standard InChI is InChI=1S/C12H21NOS/c1-4-14-10-11-6-8-12(9-7-11)13-15(3)5-2/h6-9,13,15H,4-5,10H2,1-3H3. The molecule has 1 aromatic rings. The normalized spacial score (nSPS) is 13.7. The minimum Gasteiger partial charge on any atom is -0.377 e. The maximum atomic E-state index is 5.35. The van der Waals surface area contributed by atoms with Gasteiger partial charge >= 0.3 is 0 Å². The van der Waals surface area contributed by atoms with Gasteiger partial charge in [0.15, 0.2) is 0 Å². The second kappa shape index (κ2) is 6.75. The lowest BCUT2D eigenvalue weighted by molar-refractivity contribution is 0.134. The Morgan fingerprint density at radius 1 is 1.20 bits per heavy atom. The molecule has 86 valence electrons. The zero-order valence-corrected chi connectivity index (χ0v) is 10.7. The zero-order chi connectivity index (χ0) is 11.1. The predicted octanol–water partition coefficient (Wildman–Crippen LogP) is 3.20. The van der Waals surface area contributed by atoms with Crippen LogP contribution in [-0.4, -0.2) is 18.6 Å². The smallest absolute Gasteiger partial charge is 0.0716 e. The van der Waals surface area contributed by atoms with Gasteiger partial charge in [0.05, 0.1) is 6.61 Å². The Hall–Kier alpha value is -0.670. The summed E-state index contributed by atoms with van der Waals surface area (Å²) in [5.41, 5.74) is 2.45. The van der Waals surface area contributed by atoms with Gasteiger partial charge in [0.2, 0.25) is 0 Å². The average molecular weight is 227 g/mol. The molecule has 1 unspecified atom stereocenters. The molecule has 0 aliphatic heterocycles. The molecule has 1 rings (SSSR count). The lowest BCUT2D eigenvalue weighted by Gasteiger charge is -2.17. The molecule has 0 aliphatic rings. The van der Waals surface area contributed by atoms with E-state index in [1.807, 2.05) is 6.92 Å². The van der Waals surface area contributed by atoms with Gasteiger partial charge in [-0.15, -0.1) is 0 Å². The Labute approximate surface area is 95.5 Å². The van der Waals surface area contributed by atoms with Crippen LogP contribution in [-0.2, 0) is 11.3 Å². The van der Waals surface area contributed by atoms with Crippen LogP contribution in [0.2, 0.25) is 0 Å². The lowest BCUT2D eigenvalue weighted by Crippen LogP contribution is -1.97. The van der Waals surface area contributed by atoms with Gasteiger partial charge in [0.25, 0.3) is 0 Å². The molecule has 2 nitrogen and oxygen atoms in total. The third-order valence-electron chi connectivity index (χ3n) is 2.22. The summed E-state index contributed by atoms with van der Waals surface area (Å²) >= 11 is -0.0565. The van der Waals surface area contributed by atoms with Gasteiger partial charge in [-0.3, -0.25) is 0 Å². The van der Waals surface area contributed by atoms with Crippen LogP contribution in [0.1, 0.15) is 19.4 Å². The molecule has 0 saturated carbocycles. The first-order chi connectivity index (χ1) is 7.26. The Morgan fingerprint density at radius 2 is 1.87 bits per heavy atom. The van der Waals surface area contributed by atoms with Gasteiger partial charge < -0.3 is 9.46 Å². The molecule has 0 aromatic heterocycles. The zero-order valence-electron chi connectivity index (χ0n) is 9.79. The topological polar surface area (TPSA) is 21.3 Å². The van der Waals surface area contributed by atoms with Crippen molar-refractivity contribution in [1.82, 2.24) is 0 Å². The molecule has 0 radical (unpaired) electrons. The van der Waals surface area contributed by atoms with Crippen LogP contribution >= 0.6 is 11.1 Å². The van der Waals surface area contributed by atoms with Crippen molar-refractivity contribution in [2.24, 2.45) is 0 Å². The van der Waals surface area contributed by atoms with Gasteiger partial charge in [-0.05, 0) is 36.6 Å². The van der Waals surface area contributed by atoms with Crippen LogP contribution in [0.5, 0.6) is 0 Å². The second-order valence-corrected chi connectivity index (χ2v) is 5.71. The summed E-state index contributed by atoms with van der Waals surface area (Å²) in [7, 11) is 0. The molecule has 0 fully saturated rings. The molecule has 0 saturated heterocycles. The van der Waals surface area contributed by atoms with Gasteiger partial charge in [-0.2, -0.15) is 11.1 Å². The monoisotopic (exact) mass is 227 g/mol. The number of anilines is 1. The van der Waals surface area contributed by atoms with Gasteiger partial charge in [0, 0.05) is 12.3 Å². The fourth-order valence-corrected chi connectivity index (χ4v) is 1.94. The fraction of sp³-hybridized carbons (Fsp3) is 0.500. The van der Waals surface area contributed by atoms with Crippen LogP contribution in [0, 0.1) is 0 Å². The van der Waals surface area contributed by atoms with E-state index in [-0.39, 0.29) is 11.1 Å². The summed E-state index contributed by atoms with van der Waals surface area (Å²) in [6.45, 7) is 5.71. The van der Waals surface area contributed by atoms with Crippen molar-refractivity contribution in [3.05, 3.63) is 29.8 Å². The largest absolute Gasteiger partial charge is 0.377 e. The molecular weight excluding hydrogens is 206 g/mol. The summed E-state index contributed by atoms with van der Waals surface area (Å²) < 4.78 is 8.84. The number of ether oxygens (including phenoxy) is 1. The highest BCUT2D eigenvalue weighted by Crippen LogP contribution is 2.22. The maximum absolute atomic E-state index is 5.35. The summed E-state index contributed by atoms with van der Waals surface area (Å²) in [5.74, 6) is 1.20. The van der Waals surface area contributed by atoms with E-state index in [2.05, 4.69) is 42.2 Å². The van der Waals surface area contributed by atoms with Crippen LogP contribution < -0.4 is 4.72 Å². The maximum Gasteiger partial charge on any atom is 0.0716 e. The van der Waals surface area contributed by atoms with E-state index in [1.54, 1.807) is 0 Å². The van der Waals surface area contributed by atoms with Crippen molar-refractivity contribution in [2.75, 3.05) is 23.3 Å². The Kier molecular flexibility index (Phi) is 5.58. The molecule has 0 spiro atoms. The second-order valence-electron chi connectivity index (χ2n) is 3.46. The average Bonchev–Trinajstić information content (AvgIpc) is 2.28. The Balaban J connectivity index is 2.48. The highest BCUT2D eigenvalue weighted by molar-refractivity contribution is 8.17. The van der Waals surface area contributed by atoms with Crippen molar-refractivity contribution < 1.29 is 4.74 Å². The minimum absolute atomic E-state index is 0.0565. The molecule has 15 heavy (non-hydrogen) atoms. The first-order valence-electron chi connectivity index (χ1n) is 5.40. The van der Waals surface area contributed by atoms with Gasteiger partial charge in [-0.25, -0.2) is 0 Å². The highest BCUT2D eigenvalue weighted by Gasteiger charge is 1.96. The van der Waals surface area contributed by atoms with Crippen molar-refractivity contribution in [3.63, 3.8) is 0 Å². The van der Waals surface area contributed by atoms with Crippen LogP contribution in [0.15, 0.2) is 24.3 Å². The number of hydrogen-bond donors (Lipinski definition) is 2. The molecule has 1 atom stereocenters. The van der Waals surface area contributed by atoms with E-state index in [9.17, 15) is 0 Å². The highest BCUT2D eigenvalue weighted by atomic mass is 32.2. The number of thiol groups is 1. The van der Waals surface area contributed by atoms with Crippen molar-refractivity contribution in [2.45, 2.75) is 20.5 Å². The fourth-order valence-electron chi connectivity index (χ4n) is 1.19. The van der Waals surface area contributed by atoms with Gasteiger partial charge in [0.1, 0.15) is 0 Å². The van der Waals surface area contributed by atoms with Crippen LogP contribution in [0.25, 0.3) is 0 Å². The first-order valence-corrected chi connectivity index (χ1v) is 7.38. The van der Waals surface area contributed by atoms with Crippen molar-refractivity contribution in [1.29, 1.82) is 0 Å². The van der Waals surface area contributed by atoms with E-state index >= 15 is 0 Å². The lowest BCUT2D eigenvalue weighted by atomic mass is 10.2. The summed E-state index contributed by atoms with van der Waals surface area (Å²) in [6.07, 6.45) is 2.25. The third-order valence-corrected chi connectivity index (χ3v) is 3.81. The van der Waals surface area contributed by atoms with Crippen LogP contribution in [0.4, 0.5) is 5.69 Å². The van der Waals surface area contributed by atoms with Crippen LogP contribution in [0.3, 0.4) is 0 Å². The van der Waals surface area contributed by atoms with Crippen molar-refractivity contribution >= 4 is 16.8 Å². The first kappa shape index (κ1) is 12.4. The van der Waals surface area contributed by atoms with Gasteiger partial charge in [-0.1, -0.05) is 19.1 Å². The summed E-state index contributed by atoms with van der Waals surface area (Å²) in [5, 5.41) is 0. The molecular formula is C12H21NOS. The van der Waals surface area contributed by atoms with E-state index in [4.69, 9.17) is 4.74 Å². The molecule has 0 heterocycles. The van der Waals surface area contributed by atoms with E-state index in [0.29, 0.717) is 6.61 Å². The predicted molar refractivity (Wildman–Crippen MR) is 70.8 cm³/mol. The van der Waals surface area contributed by atoms with E-state index in [0.717, 1.165) is 6.61 Å². The molecule has 0 bridgehead atoms. The Bertz CT molecular complexity index is 273. The SMILES string of the molecule is CCOCc1ccc(N[SH](C)CC)cc1. The molecule has 3 heteroatoms. The quantitative estimate of drug-likeness (QED) is 0.728. The number of rotatable bonds is 6. The minimum atomic E-state index is -0.0565. The summed E-state index contributed by atoms with van der Waals surface area (Å²) in [4.78, 5) is 0. The molecule has 0 aliphatic carbocycles. The van der Waals surface area contributed by atoms with E-state index in [1.165, 1.54) is 17.0 Å². The number of hydrogen-bond acceptors (Lipinski definition) is 2. The van der Waals surface area contributed by atoms with Crippen molar-refractivity contribution in [3.8, 4) is 0 Å². The number of nitrogens with one attached hydrogen (secondary N) is 1. The van der Waals surface area contributed by atoms with E-state index < -0.39 is 0 Å². The molecule has 1 aromatic carbocycles. The molecule has 0 amide bonds.